The van der Waals surface area contributed by atoms with Gasteiger partial charge in [0.2, 0.25) is 5.91 Å². The molecule has 1 aliphatic rings. The van der Waals surface area contributed by atoms with Gasteiger partial charge in [0, 0.05) is 19.3 Å². The predicted octanol–water partition coefficient (Wildman–Crippen LogP) is 0.332. The minimum absolute atomic E-state index is 0.0198. The number of nitrogens with zero attached hydrogens (tertiary/aromatic N) is 1. The number of hydrogen-bond donors (Lipinski definition) is 2. The smallest absolute Gasteiger partial charge is 0.312 e. The van der Waals surface area contributed by atoms with Crippen LogP contribution in [0.4, 0.5) is 5.69 Å². The quantitative estimate of drug-likeness (QED) is 0.789. The second-order valence-corrected chi connectivity index (χ2v) is 4.10. The van der Waals surface area contributed by atoms with Gasteiger partial charge < -0.3 is 15.7 Å². The van der Waals surface area contributed by atoms with E-state index in [-0.39, 0.29) is 18.9 Å². The Morgan fingerprint density at radius 2 is 2.29 bits per heavy atom. The minimum Gasteiger partial charge on any atom is -0.481 e. The number of aliphatic carboxylic acids is 1. The van der Waals surface area contributed by atoms with Crippen LogP contribution in [-0.4, -0.2) is 30.6 Å². The van der Waals surface area contributed by atoms with Gasteiger partial charge in [0.05, 0.1) is 12.3 Å². The van der Waals surface area contributed by atoms with Crippen LogP contribution in [0, 0.1) is 0 Å². The number of benzene rings is 1. The lowest BCUT2D eigenvalue weighted by atomic mass is 9.93. The number of carboxylic acids is 1. The number of likely N-dealkylation sites (N-methyl/N-ethyl adjacent to an activating group) is 1. The van der Waals surface area contributed by atoms with Crippen molar-refractivity contribution in [2.45, 2.75) is 12.3 Å². The highest BCUT2D eigenvalue weighted by Crippen LogP contribution is 2.33. The van der Waals surface area contributed by atoms with Crippen LogP contribution in [0.25, 0.3) is 0 Å². The summed E-state index contributed by atoms with van der Waals surface area (Å²) in [6.07, 6.45) is 0.256. The van der Waals surface area contributed by atoms with Crippen LogP contribution >= 0.6 is 0 Å². The molecule has 0 saturated heterocycles. The number of carbonyl (C=O) groups is 2. The summed E-state index contributed by atoms with van der Waals surface area (Å²) in [5, 5.41) is 9.11. The Labute approximate surface area is 98.8 Å². The molecule has 1 amide bonds. The molecule has 3 N–H and O–H groups in total. The van der Waals surface area contributed by atoms with Crippen molar-refractivity contribution in [3.63, 3.8) is 0 Å². The molecular weight excluding hydrogens is 220 g/mol. The molecule has 1 heterocycles. The monoisotopic (exact) mass is 234 g/mol. The molecule has 5 nitrogen and oxygen atoms in total. The second-order valence-electron chi connectivity index (χ2n) is 4.10. The SMILES string of the molecule is CN1C(=O)Cc2c(C(CN)C(=O)O)cccc21. The van der Waals surface area contributed by atoms with Gasteiger partial charge in [-0.25, -0.2) is 0 Å². The van der Waals surface area contributed by atoms with Crippen LogP contribution in [0.2, 0.25) is 0 Å². The van der Waals surface area contributed by atoms with Crippen LogP contribution in [0.3, 0.4) is 0 Å². The van der Waals surface area contributed by atoms with Crippen LogP contribution in [0.15, 0.2) is 18.2 Å². The summed E-state index contributed by atoms with van der Waals surface area (Å²) in [6, 6.07) is 5.31. The van der Waals surface area contributed by atoms with Crippen LogP contribution in [0.5, 0.6) is 0 Å². The van der Waals surface area contributed by atoms with E-state index in [0.29, 0.717) is 5.56 Å². The first kappa shape index (κ1) is 11.6. The van der Waals surface area contributed by atoms with Crippen molar-refractivity contribution >= 4 is 17.6 Å². The molecule has 1 aromatic rings. The predicted molar refractivity (Wildman–Crippen MR) is 63.0 cm³/mol. The minimum atomic E-state index is -0.956. The number of amides is 1. The van der Waals surface area contributed by atoms with Gasteiger partial charge in [0.25, 0.3) is 0 Å². The molecule has 1 unspecified atom stereocenters. The molecule has 0 aliphatic carbocycles. The van der Waals surface area contributed by atoms with Gasteiger partial charge in [-0.15, -0.1) is 0 Å². The summed E-state index contributed by atoms with van der Waals surface area (Å²) in [6.45, 7) is 0.0314. The largest absolute Gasteiger partial charge is 0.481 e. The Morgan fingerprint density at radius 1 is 1.59 bits per heavy atom. The highest BCUT2D eigenvalue weighted by atomic mass is 16.4. The molecule has 90 valence electrons. The maximum Gasteiger partial charge on any atom is 0.312 e. The summed E-state index contributed by atoms with van der Waals surface area (Å²) in [4.78, 5) is 24.3. The first-order chi connectivity index (χ1) is 8.06. The Kier molecular flexibility index (Phi) is 2.85. The van der Waals surface area contributed by atoms with Gasteiger partial charge in [0.15, 0.2) is 0 Å². The van der Waals surface area contributed by atoms with E-state index in [1.807, 2.05) is 6.07 Å². The third-order valence-corrected chi connectivity index (χ3v) is 3.16. The molecular formula is C12H14N2O3. The van der Waals surface area contributed by atoms with Crippen molar-refractivity contribution in [2.24, 2.45) is 5.73 Å². The lowest BCUT2D eigenvalue weighted by molar-refractivity contribution is -0.138. The second kappa shape index (κ2) is 4.18. The number of hydrogen-bond acceptors (Lipinski definition) is 3. The summed E-state index contributed by atoms with van der Waals surface area (Å²) < 4.78 is 0. The van der Waals surface area contributed by atoms with Crippen molar-refractivity contribution in [3.8, 4) is 0 Å². The molecule has 1 aliphatic heterocycles. The standard InChI is InChI=1S/C12H14N2O3/c1-14-10-4-2-3-7(8(10)5-11(14)15)9(6-13)12(16)17/h2-4,9H,5-6,13H2,1H3,(H,16,17). The van der Waals surface area contributed by atoms with Gasteiger partial charge in [-0.05, 0) is 17.2 Å². The van der Waals surface area contributed by atoms with Crippen molar-refractivity contribution in [3.05, 3.63) is 29.3 Å². The fourth-order valence-corrected chi connectivity index (χ4v) is 2.19. The normalized spacial score (nSPS) is 15.9. The molecule has 0 fully saturated rings. The molecule has 0 radical (unpaired) electrons. The van der Waals surface area contributed by atoms with Crippen LogP contribution < -0.4 is 10.6 Å². The Hall–Kier alpha value is -1.88. The van der Waals surface area contributed by atoms with Crippen LogP contribution in [-0.2, 0) is 16.0 Å². The highest BCUT2D eigenvalue weighted by molar-refractivity contribution is 6.01. The zero-order valence-corrected chi connectivity index (χ0v) is 9.51. The molecule has 1 aromatic carbocycles. The number of carbonyl (C=O) groups excluding carboxylic acids is 1. The molecule has 0 aromatic heterocycles. The van der Waals surface area contributed by atoms with Gasteiger partial charge in [-0.1, -0.05) is 12.1 Å². The fourth-order valence-electron chi connectivity index (χ4n) is 2.19. The Balaban J connectivity index is 2.51. The highest BCUT2D eigenvalue weighted by Gasteiger charge is 2.30. The average molecular weight is 234 g/mol. The van der Waals surface area contributed by atoms with E-state index in [9.17, 15) is 9.59 Å². The first-order valence-electron chi connectivity index (χ1n) is 5.37. The molecule has 0 saturated carbocycles. The Morgan fingerprint density at radius 3 is 2.88 bits per heavy atom. The number of fused-ring (bicyclic) bond motifs is 1. The van der Waals surface area contributed by atoms with E-state index in [1.54, 1.807) is 24.1 Å². The number of nitrogens with two attached hydrogens (primary N) is 1. The fraction of sp³-hybridized carbons (Fsp3) is 0.333. The number of anilines is 1. The van der Waals surface area contributed by atoms with Gasteiger partial charge in [-0.3, -0.25) is 9.59 Å². The molecule has 2 rings (SSSR count). The van der Waals surface area contributed by atoms with E-state index >= 15 is 0 Å². The zero-order chi connectivity index (χ0) is 12.6. The van der Waals surface area contributed by atoms with Crippen molar-refractivity contribution in [1.82, 2.24) is 0 Å². The van der Waals surface area contributed by atoms with Gasteiger partial charge >= 0.3 is 5.97 Å². The molecule has 0 bridgehead atoms. The summed E-state index contributed by atoms with van der Waals surface area (Å²) in [7, 11) is 1.69. The molecule has 0 spiro atoms. The van der Waals surface area contributed by atoms with Gasteiger partial charge in [-0.2, -0.15) is 0 Å². The topological polar surface area (TPSA) is 83.6 Å². The van der Waals surface area contributed by atoms with Gasteiger partial charge in [0.1, 0.15) is 0 Å². The summed E-state index contributed by atoms with van der Waals surface area (Å²) in [5.41, 5.74) is 7.71. The zero-order valence-electron chi connectivity index (χ0n) is 9.51. The molecule has 17 heavy (non-hydrogen) atoms. The summed E-state index contributed by atoms with van der Waals surface area (Å²) in [5.74, 6) is -1.72. The average Bonchev–Trinajstić information content (AvgIpc) is 2.57. The van der Waals surface area contributed by atoms with E-state index in [1.165, 1.54) is 0 Å². The van der Waals surface area contributed by atoms with E-state index < -0.39 is 11.9 Å². The van der Waals surface area contributed by atoms with Crippen molar-refractivity contribution in [2.75, 3.05) is 18.5 Å². The number of carboxylic acid groups (broad SMARTS) is 1. The third kappa shape index (κ3) is 1.78. The first-order valence-corrected chi connectivity index (χ1v) is 5.37. The van der Waals surface area contributed by atoms with Crippen molar-refractivity contribution in [1.29, 1.82) is 0 Å². The lowest BCUT2D eigenvalue weighted by Crippen LogP contribution is -2.22. The van der Waals surface area contributed by atoms with E-state index in [0.717, 1.165) is 11.3 Å². The third-order valence-electron chi connectivity index (χ3n) is 3.16. The Bertz CT molecular complexity index is 485. The molecule has 1 atom stereocenters. The number of rotatable bonds is 3. The lowest BCUT2D eigenvalue weighted by Gasteiger charge is -2.15. The maximum atomic E-state index is 11.6. The van der Waals surface area contributed by atoms with E-state index in [2.05, 4.69) is 0 Å². The molecule has 5 heteroatoms. The maximum absolute atomic E-state index is 11.6. The van der Waals surface area contributed by atoms with E-state index in [4.69, 9.17) is 10.8 Å². The van der Waals surface area contributed by atoms with Crippen LogP contribution in [0.1, 0.15) is 17.0 Å². The summed E-state index contributed by atoms with van der Waals surface area (Å²) >= 11 is 0. The van der Waals surface area contributed by atoms with Crippen molar-refractivity contribution < 1.29 is 14.7 Å².